The third-order valence-corrected chi connectivity index (χ3v) is 5.50. The fourth-order valence-corrected chi connectivity index (χ4v) is 3.55. The molecule has 190 valence electrons. The molecule has 1 heterocycles. The average Bonchev–Trinajstić information content (AvgIpc) is 2.93. The van der Waals surface area contributed by atoms with Gasteiger partial charge in [-0.3, -0.25) is 0 Å². The van der Waals surface area contributed by atoms with Gasteiger partial charge in [0.1, 0.15) is 12.4 Å². The van der Waals surface area contributed by atoms with E-state index in [1.165, 1.54) is 4.90 Å². The summed E-state index contributed by atoms with van der Waals surface area (Å²) in [7, 11) is 7.00. The molecule has 0 aliphatic heterocycles. The topological polar surface area (TPSA) is 105 Å². The van der Waals surface area contributed by atoms with E-state index < -0.39 is 6.09 Å². The van der Waals surface area contributed by atoms with Crippen molar-refractivity contribution >= 4 is 35.0 Å². The van der Waals surface area contributed by atoms with Crippen LogP contribution in [0.2, 0.25) is 0 Å². The SMILES string of the molecule is COc1ccc(-c2nc(N/N=C/CN(C)C(=O)OCc3ccccc3)nc(N(C)C)n2)c2ccccc12. The average molecular weight is 500 g/mol. The van der Waals surface area contributed by atoms with Crippen LogP contribution >= 0.6 is 0 Å². The van der Waals surface area contributed by atoms with Crippen molar-refractivity contribution in [2.45, 2.75) is 6.61 Å². The van der Waals surface area contributed by atoms with Gasteiger partial charge in [-0.2, -0.15) is 20.1 Å². The standard InChI is InChI=1S/C27H29N7O3/c1-33(2)26-30-24(22-14-15-23(36-4)21-13-9-8-12-20(21)22)29-25(31-26)32-28-16-17-34(3)27(35)37-18-19-10-6-5-7-11-19/h5-16H,17-18H2,1-4H3,(H,29,30,31,32)/b28-16+. The van der Waals surface area contributed by atoms with Gasteiger partial charge in [-0.25, -0.2) is 10.2 Å². The molecule has 1 N–H and O–H groups in total. The summed E-state index contributed by atoms with van der Waals surface area (Å²) in [6, 6.07) is 21.3. The van der Waals surface area contributed by atoms with Gasteiger partial charge in [-0.15, -0.1) is 0 Å². The van der Waals surface area contributed by atoms with Gasteiger partial charge in [-0.05, 0) is 23.1 Å². The van der Waals surface area contributed by atoms with Crippen LogP contribution < -0.4 is 15.1 Å². The van der Waals surface area contributed by atoms with Crippen molar-refractivity contribution in [3.05, 3.63) is 72.3 Å². The molecule has 0 saturated carbocycles. The van der Waals surface area contributed by atoms with E-state index in [0.717, 1.165) is 27.6 Å². The summed E-state index contributed by atoms with van der Waals surface area (Å²) in [5.74, 6) is 2.02. The number of nitrogens with one attached hydrogen (secondary N) is 1. The lowest BCUT2D eigenvalue weighted by molar-refractivity contribution is 0.109. The van der Waals surface area contributed by atoms with Crippen molar-refractivity contribution in [2.75, 3.05) is 45.1 Å². The van der Waals surface area contributed by atoms with Gasteiger partial charge in [0.15, 0.2) is 5.82 Å². The molecule has 0 atom stereocenters. The Hall–Kier alpha value is -4.73. The minimum atomic E-state index is -0.445. The van der Waals surface area contributed by atoms with Gasteiger partial charge in [0, 0.05) is 38.3 Å². The maximum Gasteiger partial charge on any atom is 0.410 e. The maximum atomic E-state index is 12.2. The second-order valence-electron chi connectivity index (χ2n) is 8.38. The van der Waals surface area contributed by atoms with Gasteiger partial charge in [0.25, 0.3) is 0 Å². The van der Waals surface area contributed by atoms with Crippen LogP contribution in [-0.2, 0) is 11.3 Å². The minimum Gasteiger partial charge on any atom is -0.496 e. The summed E-state index contributed by atoms with van der Waals surface area (Å²) in [5.41, 5.74) is 4.62. The number of amides is 1. The van der Waals surface area contributed by atoms with Crippen molar-refractivity contribution in [1.29, 1.82) is 0 Å². The number of carbonyl (C=O) groups is 1. The van der Waals surface area contributed by atoms with E-state index >= 15 is 0 Å². The molecule has 0 radical (unpaired) electrons. The van der Waals surface area contributed by atoms with E-state index in [1.807, 2.05) is 80.8 Å². The Labute approximate surface area is 215 Å². The number of fused-ring (bicyclic) bond motifs is 1. The molecular formula is C27H29N7O3. The van der Waals surface area contributed by atoms with E-state index in [-0.39, 0.29) is 19.1 Å². The predicted octanol–water partition coefficient (Wildman–Crippen LogP) is 4.43. The number of hydrazone groups is 1. The predicted molar refractivity (Wildman–Crippen MR) is 145 cm³/mol. The Kier molecular flexibility index (Phi) is 8.09. The van der Waals surface area contributed by atoms with Crippen LogP contribution in [-0.4, -0.2) is 67.0 Å². The Balaban J connectivity index is 1.47. The van der Waals surface area contributed by atoms with Crippen LogP contribution in [0.3, 0.4) is 0 Å². The first-order valence-electron chi connectivity index (χ1n) is 11.6. The molecule has 0 spiro atoms. The fourth-order valence-electron chi connectivity index (χ4n) is 3.55. The molecule has 3 aromatic carbocycles. The highest BCUT2D eigenvalue weighted by atomic mass is 16.6. The first-order chi connectivity index (χ1) is 18.0. The summed E-state index contributed by atoms with van der Waals surface area (Å²) in [4.78, 5) is 29.1. The zero-order valence-corrected chi connectivity index (χ0v) is 21.3. The second kappa shape index (κ2) is 11.8. The Morgan fingerprint density at radius 1 is 0.946 bits per heavy atom. The van der Waals surface area contributed by atoms with Crippen molar-refractivity contribution in [2.24, 2.45) is 5.10 Å². The first kappa shape index (κ1) is 25.4. The highest BCUT2D eigenvalue weighted by molar-refractivity contribution is 5.99. The number of benzene rings is 3. The number of aromatic nitrogens is 3. The Morgan fingerprint density at radius 3 is 2.41 bits per heavy atom. The lowest BCUT2D eigenvalue weighted by Crippen LogP contribution is -2.29. The lowest BCUT2D eigenvalue weighted by Gasteiger charge is -2.15. The van der Waals surface area contributed by atoms with Crippen LogP contribution in [0, 0.1) is 0 Å². The zero-order valence-electron chi connectivity index (χ0n) is 21.3. The summed E-state index contributed by atoms with van der Waals surface area (Å²) >= 11 is 0. The van der Waals surface area contributed by atoms with Crippen molar-refractivity contribution < 1.29 is 14.3 Å². The Morgan fingerprint density at radius 2 is 1.68 bits per heavy atom. The highest BCUT2D eigenvalue weighted by Crippen LogP contribution is 2.33. The summed E-state index contributed by atoms with van der Waals surface area (Å²) in [6.45, 7) is 0.447. The third-order valence-electron chi connectivity index (χ3n) is 5.50. The number of carbonyl (C=O) groups excluding carboxylic acids is 1. The molecule has 10 heteroatoms. The smallest absolute Gasteiger partial charge is 0.410 e. The highest BCUT2D eigenvalue weighted by Gasteiger charge is 2.14. The molecule has 0 unspecified atom stereocenters. The quantitative estimate of drug-likeness (QED) is 0.266. The third kappa shape index (κ3) is 6.29. The maximum absolute atomic E-state index is 12.2. The van der Waals surface area contributed by atoms with Gasteiger partial charge in [-0.1, -0.05) is 54.6 Å². The number of hydrogen-bond acceptors (Lipinski definition) is 9. The molecular weight excluding hydrogens is 470 g/mol. The van der Waals surface area contributed by atoms with Gasteiger partial charge < -0.3 is 19.3 Å². The number of methoxy groups -OCH3 is 1. The molecule has 10 nitrogen and oxygen atoms in total. The zero-order chi connectivity index (χ0) is 26.2. The van der Waals surface area contributed by atoms with E-state index in [9.17, 15) is 4.79 Å². The summed E-state index contributed by atoms with van der Waals surface area (Å²) in [6.07, 6.45) is 1.10. The number of hydrogen-bond donors (Lipinski definition) is 1. The Bertz CT molecular complexity index is 1390. The van der Waals surface area contributed by atoms with E-state index in [2.05, 4.69) is 25.5 Å². The fraction of sp³-hybridized carbons (Fsp3) is 0.222. The van der Waals surface area contributed by atoms with E-state index in [1.54, 1.807) is 25.3 Å². The number of rotatable bonds is 9. The largest absolute Gasteiger partial charge is 0.496 e. The van der Waals surface area contributed by atoms with Crippen LogP contribution in [0.1, 0.15) is 5.56 Å². The van der Waals surface area contributed by atoms with Gasteiger partial charge in [0.2, 0.25) is 11.9 Å². The van der Waals surface area contributed by atoms with E-state index in [4.69, 9.17) is 9.47 Å². The molecule has 0 saturated heterocycles. The number of anilines is 2. The van der Waals surface area contributed by atoms with Crippen LogP contribution in [0.25, 0.3) is 22.2 Å². The van der Waals surface area contributed by atoms with Crippen LogP contribution in [0.15, 0.2) is 71.8 Å². The number of nitrogens with zero attached hydrogens (tertiary/aromatic N) is 6. The van der Waals surface area contributed by atoms with Crippen LogP contribution in [0.5, 0.6) is 5.75 Å². The monoisotopic (exact) mass is 499 g/mol. The van der Waals surface area contributed by atoms with Crippen molar-refractivity contribution in [3.63, 3.8) is 0 Å². The molecule has 0 bridgehead atoms. The molecule has 37 heavy (non-hydrogen) atoms. The van der Waals surface area contributed by atoms with E-state index in [0.29, 0.717) is 11.8 Å². The molecule has 0 fully saturated rings. The van der Waals surface area contributed by atoms with Crippen molar-refractivity contribution in [1.82, 2.24) is 19.9 Å². The molecule has 0 aliphatic rings. The summed E-state index contributed by atoms with van der Waals surface area (Å²) in [5, 5.41) is 6.11. The first-order valence-corrected chi connectivity index (χ1v) is 11.6. The van der Waals surface area contributed by atoms with Crippen molar-refractivity contribution in [3.8, 4) is 17.1 Å². The lowest BCUT2D eigenvalue weighted by atomic mass is 10.0. The normalized spacial score (nSPS) is 10.9. The second-order valence-corrected chi connectivity index (χ2v) is 8.38. The minimum absolute atomic E-state index is 0.209. The molecule has 0 aliphatic carbocycles. The molecule has 4 aromatic rings. The molecule has 4 rings (SSSR count). The summed E-state index contributed by atoms with van der Waals surface area (Å²) < 4.78 is 10.8. The van der Waals surface area contributed by atoms with Crippen LogP contribution in [0.4, 0.5) is 16.7 Å². The molecule has 1 amide bonds. The molecule has 1 aromatic heterocycles. The van der Waals surface area contributed by atoms with Gasteiger partial charge in [0.05, 0.1) is 13.7 Å². The van der Waals surface area contributed by atoms with Gasteiger partial charge >= 0.3 is 6.09 Å². The number of ether oxygens (including phenoxy) is 2.